The molecule has 4 nitrogen and oxygen atoms in total. The van der Waals surface area contributed by atoms with Gasteiger partial charge in [-0.25, -0.2) is 4.79 Å². The summed E-state index contributed by atoms with van der Waals surface area (Å²) in [6, 6.07) is 15.0. The first-order chi connectivity index (χ1) is 13.4. The maximum absolute atomic E-state index is 12.6. The van der Waals surface area contributed by atoms with Crippen LogP contribution in [0.3, 0.4) is 0 Å². The fourth-order valence-corrected chi connectivity index (χ4v) is 3.21. The topological polar surface area (TPSA) is 35.6 Å². The average molecular weight is 391 g/mol. The fourth-order valence-electron chi connectivity index (χ4n) is 3.21. The summed E-state index contributed by atoms with van der Waals surface area (Å²) < 4.78 is 37.7. The molecule has 28 heavy (non-hydrogen) atoms. The predicted octanol–water partition coefficient (Wildman–Crippen LogP) is 3.78. The van der Waals surface area contributed by atoms with Crippen LogP contribution in [0.25, 0.3) is 0 Å². The van der Waals surface area contributed by atoms with Gasteiger partial charge < -0.3 is 10.2 Å². The zero-order valence-electron chi connectivity index (χ0n) is 15.6. The van der Waals surface area contributed by atoms with Crippen LogP contribution < -0.4 is 5.32 Å². The molecule has 150 valence electrons. The molecule has 1 aliphatic rings. The van der Waals surface area contributed by atoms with Crippen LogP contribution in [-0.2, 0) is 19.1 Å². The van der Waals surface area contributed by atoms with E-state index in [4.69, 9.17) is 0 Å². The fraction of sp³-hybridized carbons (Fsp3) is 0.381. The number of halogens is 3. The van der Waals surface area contributed by atoms with Crippen molar-refractivity contribution in [3.8, 4) is 0 Å². The van der Waals surface area contributed by atoms with Gasteiger partial charge in [0, 0.05) is 39.3 Å². The van der Waals surface area contributed by atoms with Crippen LogP contribution in [0.2, 0.25) is 0 Å². The molecule has 3 rings (SSSR count). The van der Waals surface area contributed by atoms with Crippen molar-refractivity contribution in [2.45, 2.75) is 19.1 Å². The summed E-state index contributed by atoms with van der Waals surface area (Å²) in [7, 11) is 0. The zero-order chi connectivity index (χ0) is 20.0. The van der Waals surface area contributed by atoms with Crippen molar-refractivity contribution in [2.24, 2.45) is 0 Å². The van der Waals surface area contributed by atoms with Crippen LogP contribution in [0.1, 0.15) is 16.7 Å². The number of piperazine rings is 1. The first-order valence-corrected chi connectivity index (χ1v) is 9.37. The molecule has 2 aromatic rings. The number of nitrogens with zero attached hydrogens (tertiary/aromatic N) is 2. The summed E-state index contributed by atoms with van der Waals surface area (Å²) in [4.78, 5) is 16.4. The van der Waals surface area contributed by atoms with E-state index in [-0.39, 0.29) is 12.6 Å². The van der Waals surface area contributed by atoms with Gasteiger partial charge >= 0.3 is 12.2 Å². The third kappa shape index (κ3) is 5.73. The van der Waals surface area contributed by atoms with Crippen molar-refractivity contribution < 1.29 is 18.0 Å². The van der Waals surface area contributed by atoms with Gasteiger partial charge in [-0.15, -0.1) is 0 Å². The highest BCUT2D eigenvalue weighted by Crippen LogP contribution is 2.29. The summed E-state index contributed by atoms with van der Waals surface area (Å²) in [5.41, 5.74) is 1.26. The number of carbonyl (C=O) groups excluding carboxylic acids is 1. The number of amides is 2. The van der Waals surface area contributed by atoms with Crippen LogP contribution in [0.15, 0.2) is 54.6 Å². The van der Waals surface area contributed by atoms with Crippen LogP contribution in [-0.4, -0.2) is 48.6 Å². The van der Waals surface area contributed by atoms with E-state index in [9.17, 15) is 18.0 Å². The van der Waals surface area contributed by atoms with Gasteiger partial charge in [-0.3, -0.25) is 4.90 Å². The minimum Gasteiger partial charge on any atom is -0.334 e. The Labute approximate surface area is 162 Å². The first kappa shape index (κ1) is 20.2. The van der Waals surface area contributed by atoms with Crippen LogP contribution >= 0.6 is 0 Å². The van der Waals surface area contributed by atoms with E-state index < -0.39 is 11.7 Å². The zero-order valence-corrected chi connectivity index (χ0v) is 15.6. The van der Waals surface area contributed by atoms with Crippen molar-refractivity contribution in [2.75, 3.05) is 32.7 Å². The molecule has 1 fully saturated rings. The lowest BCUT2D eigenvalue weighted by atomic mass is 10.1. The number of carbonyl (C=O) groups is 1. The van der Waals surface area contributed by atoms with E-state index in [1.807, 2.05) is 18.2 Å². The number of hydrogen-bond acceptors (Lipinski definition) is 2. The smallest absolute Gasteiger partial charge is 0.334 e. The van der Waals surface area contributed by atoms with Gasteiger partial charge in [-0.2, -0.15) is 13.2 Å². The van der Waals surface area contributed by atoms with Crippen molar-refractivity contribution in [3.63, 3.8) is 0 Å². The Morgan fingerprint density at radius 2 is 1.54 bits per heavy atom. The molecule has 0 aliphatic carbocycles. The number of nitrogens with one attached hydrogen (secondary N) is 1. The lowest BCUT2D eigenvalue weighted by Gasteiger charge is -2.34. The normalized spacial score (nSPS) is 15.5. The van der Waals surface area contributed by atoms with E-state index in [0.29, 0.717) is 18.7 Å². The van der Waals surface area contributed by atoms with E-state index in [2.05, 4.69) is 22.3 Å². The summed E-state index contributed by atoms with van der Waals surface area (Å²) in [5.74, 6) is 0. The van der Waals surface area contributed by atoms with Gasteiger partial charge in [0.05, 0.1) is 5.56 Å². The van der Waals surface area contributed by atoms with Gasteiger partial charge in [0.15, 0.2) is 0 Å². The van der Waals surface area contributed by atoms with Crippen LogP contribution in [0.5, 0.6) is 0 Å². The predicted molar refractivity (Wildman–Crippen MR) is 102 cm³/mol. The second-order valence-corrected chi connectivity index (χ2v) is 6.92. The molecule has 1 saturated heterocycles. The maximum Gasteiger partial charge on any atom is 0.416 e. The van der Waals surface area contributed by atoms with Crippen molar-refractivity contribution in [3.05, 3.63) is 71.3 Å². The van der Waals surface area contributed by atoms with E-state index in [1.54, 1.807) is 4.90 Å². The lowest BCUT2D eigenvalue weighted by Crippen LogP contribution is -2.51. The van der Waals surface area contributed by atoms with Crippen molar-refractivity contribution in [1.29, 1.82) is 0 Å². The largest absolute Gasteiger partial charge is 0.416 e. The Hall–Kier alpha value is -2.54. The van der Waals surface area contributed by atoms with Crippen LogP contribution in [0.4, 0.5) is 18.0 Å². The Morgan fingerprint density at radius 3 is 2.14 bits per heavy atom. The standard InChI is InChI=1S/C21H24F3N3O/c22-21(23,24)19-8-6-18(7-9-19)16-25-20(28)27-14-12-26(13-15-27)11-10-17-4-2-1-3-5-17/h1-9H,10-16H2,(H,25,28). The molecule has 2 aromatic carbocycles. The van der Waals surface area contributed by atoms with Crippen molar-refractivity contribution in [1.82, 2.24) is 15.1 Å². The molecule has 0 aromatic heterocycles. The SMILES string of the molecule is O=C(NCc1ccc(C(F)(F)F)cc1)N1CCN(CCc2ccccc2)CC1. The summed E-state index contributed by atoms with van der Waals surface area (Å²) in [6.07, 6.45) is -3.36. The molecule has 0 unspecified atom stereocenters. The molecule has 1 aliphatic heterocycles. The number of benzene rings is 2. The molecular weight excluding hydrogens is 367 g/mol. The maximum atomic E-state index is 12.6. The number of rotatable bonds is 5. The Bertz CT molecular complexity index is 755. The van der Waals surface area contributed by atoms with Gasteiger partial charge in [0.25, 0.3) is 0 Å². The first-order valence-electron chi connectivity index (χ1n) is 9.37. The number of alkyl halides is 3. The summed E-state index contributed by atoms with van der Waals surface area (Å²) in [6.45, 7) is 4.11. The summed E-state index contributed by atoms with van der Waals surface area (Å²) >= 11 is 0. The van der Waals surface area contributed by atoms with Gasteiger partial charge in [0.2, 0.25) is 0 Å². The van der Waals surface area contributed by atoms with Gasteiger partial charge in [-0.05, 0) is 29.7 Å². The van der Waals surface area contributed by atoms with Gasteiger partial charge in [-0.1, -0.05) is 42.5 Å². The highest BCUT2D eigenvalue weighted by Gasteiger charge is 2.30. The molecule has 1 heterocycles. The summed E-state index contributed by atoms with van der Waals surface area (Å²) in [5, 5.41) is 2.79. The lowest BCUT2D eigenvalue weighted by molar-refractivity contribution is -0.137. The highest BCUT2D eigenvalue weighted by molar-refractivity contribution is 5.74. The number of hydrogen-bond donors (Lipinski definition) is 1. The molecule has 0 atom stereocenters. The second kappa shape index (κ2) is 9.10. The second-order valence-electron chi connectivity index (χ2n) is 6.92. The number of urea groups is 1. The quantitative estimate of drug-likeness (QED) is 0.842. The Balaban J connectivity index is 1.39. The monoisotopic (exact) mass is 391 g/mol. The molecule has 0 saturated carbocycles. The molecule has 1 N–H and O–H groups in total. The highest BCUT2D eigenvalue weighted by atomic mass is 19.4. The van der Waals surface area contributed by atoms with Crippen molar-refractivity contribution >= 4 is 6.03 Å². The molecule has 0 bridgehead atoms. The minimum atomic E-state index is -4.35. The van der Waals surface area contributed by atoms with E-state index >= 15 is 0 Å². The average Bonchev–Trinajstić information content (AvgIpc) is 2.71. The van der Waals surface area contributed by atoms with Gasteiger partial charge in [0.1, 0.15) is 0 Å². The molecular formula is C21H24F3N3O. The van der Waals surface area contributed by atoms with E-state index in [0.717, 1.165) is 38.2 Å². The van der Waals surface area contributed by atoms with Crippen LogP contribution in [0, 0.1) is 0 Å². The molecule has 2 amide bonds. The van der Waals surface area contributed by atoms with E-state index in [1.165, 1.54) is 17.7 Å². The molecule has 0 radical (unpaired) electrons. The third-order valence-corrected chi connectivity index (χ3v) is 4.94. The molecule has 7 heteroatoms. The Kier molecular flexibility index (Phi) is 6.57. The Morgan fingerprint density at radius 1 is 0.893 bits per heavy atom. The third-order valence-electron chi connectivity index (χ3n) is 4.94. The molecule has 0 spiro atoms. The minimum absolute atomic E-state index is 0.178.